The summed E-state index contributed by atoms with van der Waals surface area (Å²) in [5, 5.41) is 10.9. The van der Waals surface area contributed by atoms with Crippen LogP contribution in [-0.4, -0.2) is 34.2 Å². The summed E-state index contributed by atoms with van der Waals surface area (Å²) in [7, 11) is 0. The molecule has 0 aliphatic carbocycles. The van der Waals surface area contributed by atoms with Gasteiger partial charge in [-0.25, -0.2) is 0 Å². The topological polar surface area (TPSA) is 53.7 Å². The number of alkyl halides is 3. The largest absolute Gasteiger partial charge is 0.416 e. The van der Waals surface area contributed by atoms with Crippen molar-refractivity contribution in [3.63, 3.8) is 0 Å². The second-order valence-electron chi connectivity index (χ2n) is 4.48. The molecule has 2 heterocycles. The summed E-state index contributed by atoms with van der Waals surface area (Å²) in [4.78, 5) is 11.8. The summed E-state index contributed by atoms with van der Waals surface area (Å²) >= 11 is 0. The summed E-state index contributed by atoms with van der Waals surface area (Å²) in [6.45, 7) is 0.998. The molecule has 0 aliphatic heterocycles. The summed E-state index contributed by atoms with van der Waals surface area (Å²) in [5.41, 5.74) is 1.99. The predicted molar refractivity (Wildman–Crippen MR) is 66.5 cm³/mol. The molecule has 7 heteroatoms. The molecule has 0 aliphatic rings. The van der Waals surface area contributed by atoms with Crippen LogP contribution < -0.4 is 5.32 Å². The maximum Gasteiger partial charge on any atom is 0.416 e. The van der Waals surface area contributed by atoms with Gasteiger partial charge in [0.15, 0.2) is 6.10 Å². The number of halogens is 3. The zero-order chi connectivity index (χ0) is 14.9. The number of hydrogen-bond donors (Lipinski definition) is 2. The number of amides is 1. The van der Waals surface area contributed by atoms with E-state index in [1.54, 1.807) is 22.7 Å². The Hall–Kier alpha value is -2.02. The van der Waals surface area contributed by atoms with Crippen molar-refractivity contribution < 1.29 is 23.1 Å². The fourth-order valence-electron chi connectivity index (χ4n) is 1.82. The Morgan fingerprint density at radius 3 is 2.80 bits per heavy atom. The Balaban J connectivity index is 2.10. The maximum atomic E-state index is 12.1. The number of nitrogens with one attached hydrogen (secondary N) is 1. The van der Waals surface area contributed by atoms with Crippen molar-refractivity contribution in [2.45, 2.75) is 19.2 Å². The summed E-state index contributed by atoms with van der Waals surface area (Å²) in [5.74, 6) is -0.656. The molecule has 0 saturated carbocycles. The van der Waals surface area contributed by atoms with Crippen molar-refractivity contribution in [3.05, 3.63) is 41.7 Å². The molecule has 0 fully saturated rings. The van der Waals surface area contributed by atoms with E-state index in [2.05, 4.69) is 5.32 Å². The predicted octanol–water partition coefficient (Wildman–Crippen LogP) is 1.90. The van der Waals surface area contributed by atoms with Crippen LogP contribution in [0.5, 0.6) is 0 Å². The van der Waals surface area contributed by atoms with Crippen LogP contribution in [0.25, 0.3) is 5.52 Å². The normalized spacial score (nSPS) is 13.4. The van der Waals surface area contributed by atoms with Gasteiger partial charge in [0.2, 0.25) is 0 Å². The van der Waals surface area contributed by atoms with Crippen LogP contribution in [0.2, 0.25) is 0 Å². The third kappa shape index (κ3) is 2.93. The first kappa shape index (κ1) is 14.4. The quantitative estimate of drug-likeness (QED) is 0.905. The smallest absolute Gasteiger partial charge is 0.382 e. The molecule has 0 aromatic carbocycles. The van der Waals surface area contributed by atoms with E-state index in [1.807, 2.05) is 13.0 Å². The molecule has 0 spiro atoms. The third-order valence-electron chi connectivity index (χ3n) is 2.94. The second-order valence-corrected chi connectivity index (χ2v) is 4.48. The highest BCUT2D eigenvalue weighted by Crippen LogP contribution is 2.19. The van der Waals surface area contributed by atoms with E-state index in [1.165, 1.54) is 6.20 Å². The molecule has 0 saturated heterocycles. The number of aliphatic hydroxyl groups is 1. The number of carbonyl (C=O) groups excluding carboxylic acids is 1. The molecule has 2 N–H and O–H groups in total. The fourth-order valence-corrected chi connectivity index (χ4v) is 1.82. The minimum Gasteiger partial charge on any atom is -0.382 e. The molecule has 2 aromatic heterocycles. The van der Waals surface area contributed by atoms with E-state index >= 15 is 0 Å². The van der Waals surface area contributed by atoms with Gasteiger partial charge in [-0.15, -0.1) is 0 Å². The molecule has 20 heavy (non-hydrogen) atoms. The van der Waals surface area contributed by atoms with Gasteiger partial charge in [0, 0.05) is 17.9 Å². The van der Waals surface area contributed by atoms with Crippen molar-refractivity contribution in [2.75, 3.05) is 6.54 Å². The Bertz CT molecular complexity index is 634. The van der Waals surface area contributed by atoms with Gasteiger partial charge < -0.3 is 14.8 Å². The van der Waals surface area contributed by atoms with Crippen LogP contribution in [0.4, 0.5) is 13.2 Å². The zero-order valence-corrected chi connectivity index (χ0v) is 10.6. The Kier molecular flexibility index (Phi) is 3.71. The summed E-state index contributed by atoms with van der Waals surface area (Å²) < 4.78 is 38.1. The lowest BCUT2D eigenvalue weighted by Crippen LogP contribution is -2.40. The lowest BCUT2D eigenvalue weighted by molar-refractivity contribution is -0.201. The average Bonchev–Trinajstić information content (AvgIpc) is 2.79. The van der Waals surface area contributed by atoms with E-state index in [0.29, 0.717) is 0 Å². The molecule has 1 amide bonds. The van der Waals surface area contributed by atoms with Crippen molar-refractivity contribution in [1.82, 2.24) is 9.72 Å². The Morgan fingerprint density at radius 2 is 2.20 bits per heavy atom. The number of fused-ring (bicyclic) bond motifs is 1. The first-order valence-electron chi connectivity index (χ1n) is 5.89. The number of aromatic nitrogens is 1. The van der Waals surface area contributed by atoms with Gasteiger partial charge in [-0.3, -0.25) is 4.79 Å². The number of rotatable bonds is 3. The van der Waals surface area contributed by atoms with E-state index in [0.717, 1.165) is 11.1 Å². The molecule has 108 valence electrons. The molecule has 2 rings (SSSR count). The number of aliphatic hydroxyl groups excluding tert-OH is 1. The molecule has 1 atom stereocenters. The van der Waals surface area contributed by atoms with Gasteiger partial charge in [0.1, 0.15) is 0 Å². The number of carbonyl (C=O) groups is 1. The van der Waals surface area contributed by atoms with Gasteiger partial charge in [-0.2, -0.15) is 13.2 Å². The number of pyridine rings is 1. The Morgan fingerprint density at radius 1 is 1.50 bits per heavy atom. The van der Waals surface area contributed by atoms with Crippen LogP contribution in [0.15, 0.2) is 30.6 Å². The summed E-state index contributed by atoms with van der Waals surface area (Å²) in [6.07, 6.45) is -4.04. The maximum absolute atomic E-state index is 12.1. The van der Waals surface area contributed by atoms with Crippen molar-refractivity contribution in [2.24, 2.45) is 0 Å². The van der Waals surface area contributed by atoms with Crippen LogP contribution in [0.3, 0.4) is 0 Å². The standard InChI is InChI=1S/C13H13F3N2O2/c1-8-3-2-4-18-7-9(5-10(8)18)12(20)17-6-11(19)13(14,15)16/h2-5,7,11,19H,6H2,1H3,(H,17,20)/t11-/m0/s1. The van der Waals surface area contributed by atoms with Crippen LogP contribution in [-0.2, 0) is 0 Å². The van der Waals surface area contributed by atoms with Crippen LogP contribution in [0, 0.1) is 6.92 Å². The molecule has 2 aromatic rings. The first-order chi connectivity index (χ1) is 9.29. The molecule has 0 bridgehead atoms. The van der Waals surface area contributed by atoms with Gasteiger partial charge >= 0.3 is 6.18 Å². The van der Waals surface area contributed by atoms with E-state index in [4.69, 9.17) is 5.11 Å². The Labute approximate surface area is 112 Å². The molecule has 0 unspecified atom stereocenters. The van der Waals surface area contributed by atoms with Crippen molar-refractivity contribution in [3.8, 4) is 0 Å². The first-order valence-corrected chi connectivity index (χ1v) is 5.89. The number of hydrogen-bond acceptors (Lipinski definition) is 2. The molecule has 0 radical (unpaired) electrons. The summed E-state index contributed by atoms with van der Waals surface area (Å²) in [6, 6.07) is 5.26. The SMILES string of the molecule is Cc1cccn2cc(C(=O)NC[C@H](O)C(F)(F)F)cc12. The highest BCUT2D eigenvalue weighted by atomic mass is 19.4. The lowest BCUT2D eigenvalue weighted by Gasteiger charge is -2.14. The van der Waals surface area contributed by atoms with Crippen molar-refractivity contribution >= 4 is 11.4 Å². The highest BCUT2D eigenvalue weighted by molar-refractivity contribution is 5.95. The monoisotopic (exact) mass is 286 g/mol. The van der Waals surface area contributed by atoms with Gasteiger partial charge in [-0.05, 0) is 24.6 Å². The minimum absolute atomic E-state index is 0.244. The third-order valence-corrected chi connectivity index (χ3v) is 2.94. The van der Waals surface area contributed by atoms with E-state index in [-0.39, 0.29) is 5.56 Å². The number of aryl methyl sites for hydroxylation is 1. The van der Waals surface area contributed by atoms with E-state index < -0.39 is 24.7 Å². The fraction of sp³-hybridized carbons (Fsp3) is 0.308. The van der Waals surface area contributed by atoms with Gasteiger partial charge in [-0.1, -0.05) is 6.07 Å². The zero-order valence-electron chi connectivity index (χ0n) is 10.6. The molecular formula is C13H13F3N2O2. The highest BCUT2D eigenvalue weighted by Gasteiger charge is 2.38. The average molecular weight is 286 g/mol. The van der Waals surface area contributed by atoms with Crippen LogP contribution >= 0.6 is 0 Å². The lowest BCUT2D eigenvalue weighted by atomic mass is 10.2. The van der Waals surface area contributed by atoms with E-state index in [9.17, 15) is 18.0 Å². The molecule has 4 nitrogen and oxygen atoms in total. The minimum atomic E-state index is -4.74. The van der Waals surface area contributed by atoms with Gasteiger partial charge in [0.05, 0.1) is 12.1 Å². The van der Waals surface area contributed by atoms with Crippen molar-refractivity contribution in [1.29, 1.82) is 0 Å². The van der Waals surface area contributed by atoms with Crippen LogP contribution in [0.1, 0.15) is 15.9 Å². The second kappa shape index (κ2) is 5.16. The number of nitrogens with zero attached hydrogens (tertiary/aromatic N) is 1. The molecular weight excluding hydrogens is 273 g/mol. The van der Waals surface area contributed by atoms with Gasteiger partial charge in [0.25, 0.3) is 5.91 Å².